The predicted molar refractivity (Wildman–Crippen MR) is 119 cm³/mol. The molecule has 2 rings (SSSR count). The van der Waals surface area contributed by atoms with Crippen LogP contribution in [0.3, 0.4) is 0 Å². The molecule has 0 aromatic heterocycles. The molecule has 1 fully saturated rings. The normalized spacial score (nSPS) is 36.9. The lowest BCUT2D eigenvalue weighted by atomic mass is 9.64. The molecule has 8 heteroatoms. The summed E-state index contributed by atoms with van der Waals surface area (Å²) in [5.41, 5.74) is -0.230. The van der Waals surface area contributed by atoms with E-state index in [-0.39, 0.29) is 18.3 Å². The maximum absolute atomic E-state index is 11.9. The zero-order chi connectivity index (χ0) is 24.3. The van der Waals surface area contributed by atoms with Crippen LogP contribution in [0.4, 0.5) is 0 Å². The van der Waals surface area contributed by atoms with Gasteiger partial charge in [-0.05, 0) is 51.3 Å². The molecule has 1 aliphatic carbocycles. The van der Waals surface area contributed by atoms with Crippen molar-refractivity contribution in [1.82, 2.24) is 0 Å². The SMILES string of the molecule is CC1=CC(=O)CC(C)(C)[C@@]1(O)/C=C/C(C)=C\CC[C@H](C)O[C@@H]1O[C@H](CO)[C@@H](O)[C@H](O)[C@H]1O. The first-order chi connectivity index (χ1) is 14.8. The molecule has 0 amide bonds. The molecule has 0 saturated carbocycles. The smallest absolute Gasteiger partial charge is 0.186 e. The fourth-order valence-electron chi connectivity index (χ4n) is 4.21. The molecule has 32 heavy (non-hydrogen) atoms. The molecule has 0 aromatic rings. The Morgan fingerprint density at radius 2 is 1.94 bits per heavy atom. The van der Waals surface area contributed by atoms with Gasteiger partial charge in [-0.3, -0.25) is 4.79 Å². The van der Waals surface area contributed by atoms with Crippen molar-refractivity contribution in [2.24, 2.45) is 5.41 Å². The molecule has 1 saturated heterocycles. The highest BCUT2D eigenvalue weighted by atomic mass is 16.7. The second-order valence-corrected chi connectivity index (χ2v) is 9.62. The van der Waals surface area contributed by atoms with Crippen LogP contribution in [-0.4, -0.2) is 80.3 Å². The predicted octanol–water partition coefficient (Wildman–Crippen LogP) is 1.15. The van der Waals surface area contributed by atoms with Gasteiger partial charge in [0, 0.05) is 11.8 Å². The minimum Gasteiger partial charge on any atom is -0.394 e. The van der Waals surface area contributed by atoms with E-state index in [0.29, 0.717) is 18.4 Å². The van der Waals surface area contributed by atoms with Crippen molar-refractivity contribution in [3.8, 4) is 0 Å². The van der Waals surface area contributed by atoms with Gasteiger partial charge in [-0.25, -0.2) is 0 Å². The molecular formula is C24H38O8. The molecule has 0 unspecified atom stereocenters. The number of aliphatic hydroxyl groups excluding tert-OH is 4. The Hall–Kier alpha value is -1.39. The van der Waals surface area contributed by atoms with Gasteiger partial charge in [-0.1, -0.05) is 31.6 Å². The molecule has 0 radical (unpaired) electrons. The van der Waals surface area contributed by atoms with Crippen molar-refractivity contribution in [3.05, 3.63) is 35.5 Å². The molecule has 1 aliphatic heterocycles. The highest BCUT2D eigenvalue weighted by Crippen LogP contribution is 2.44. The van der Waals surface area contributed by atoms with Gasteiger partial charge >= 0.3 is 0 Å². The van der Waals surface area contributed by atoms with E-state index >= 15 is 0 Å². The topological polar surface area (TPSA) is 137 Å². The number of carbonyl (C=O) groups excluding carboxylic acids is 1. The van der Waals surface area contributed by atoms with Crippen molar-refractivity contribution in [1.29, 1.82) is 0 Å². The number of hydrogen-bond acceptors (Lipinski definition) is 8. The van der Waals surface area contributed by atoms with Crippen LogP contribution >= 0.6 is 0 Å². The van der Waals surface area contributed by atoms with Gasteiger partial charge < -0.3 is 35.0 Å². The number of ketones is 1. The number of carbonyl (C=O) groups is 1. The first-order valence-electron chi connectivity index (χ1n) is 11.1. The monoisotopic (exact) mass is 454 g/mol. The molecule has 7 atom stereocenters. The quantitative estimate of drug-likeness (QED) is 0.345. The summed E-state index contributed by atoms with van der Waals surface area (Å²) < 4.78 is 11.0. The lowest BCUT2D eigenvalue weighted by molar-refractivity contribution is -0.310. The van der Waals surface area contributed by atoms with Crippen LogP contribution in [0, 0.1) is 5.41 Å². The van der Waals surface area contributed by atoms with Crippen LogP contribution in [0.25, 0.3) is 0 Å². The van der Waals surface area contributed by atoms with Crippen LogP contribution in [0.1, 0.15) is 53.9 Å². The van der Waals surface area contributed by atoms with E-state index in [2.05, 4.69) is 0 Å². The summed E-state index contributed by atoms with van der Waals surface area (Å²) in [4.78, 5) is 11.9. The zero-order valence-corrected chi connectivity index (χ0v) is 19.6. The first kappa shape index (κ1) is 26.9. The Balaban J connectivity index is 1.92. The summed E-state index contributed by atoms with van der Waals surface area (Å²) in [6, 6.07) is 0. The summed E-state index contributed by atoms with van der Waals surface area (Å²) in [7, 11) is 0. The van der Waals surface area contributed by atoms with Crippen LogP contribution in [0.15, 0.2) is 35.5 Å². The maximum Gasteiger partial charge on any atom is 0.186 e. The van der Waals surface area contributed by atoms with E-state index < -0.39 is 48.3 Å². The van der Waals surface area contributed by atoms with Gasteiger partial charge in [0.1, 0.15) is 30.0 Å². The van der Waals surface area contributed by atoms with Crippen LogP contribution in [0.5, 0.6) is 0 Å². The van der Waals surface area contributed by atoms with Gasteiger partial charge in [-0.15, -0.1) is 0 Å². The average Bonchev–Trinajstić information content (AvgIpc) is 2.70. The summed E-state index contributed by atoms with van der Waals surface area (Å²) in [6.45, 7) is 8.74. The minimum absolute atomic E-state index is 0.0197. The summed E-state index contributed by atoms with van der Waals surface area (Å²) in [6.07, 6.45) is 1.86. The van der Waals surface area contributed by atoms with Crippen molar-refractivity contribution >= 4 is 5.78 Å². The Kier molecular flexibility index (Phi) is 8.97. The zero-order valence-electron chi connectivity index (χ0n) is 19.6. The third-order valence-electron chi connectivity index (χ3n) is 6.47. The maximum atomic E-state index is 11.9. The van der Waals surface area contributed by atoms with Gasteiger partial charge in [0.05, 0.1) is 12.7 Å². The number of allylic oxidation sites excluding steroid dienone is 4. The molecule has 1 heterocycles. The van der Waals surface area contributed by atoms with Crippen LogP contribution < -0.4 is 0 Å². The molecule has 0 spiro atoms. The second kappa shape index (κ2) is 10.7. The van der Waals surface area contributed by atoms with Gasteiger partial charge in [0.15, 0.2) is 12.1 Å². The molecule has 5 N–H and O–H groups in total. The van der Waals surface area contributed by atoms with E-state index in [0.717, 1.165) is 5.57 Å². The average molecular weight is 455 g/mol. The molecule has 2 aliphatic rings. The minimum atomic E-state index is -1.46. The Bertz CT molecular complexity index is 753. The summed E-state index contributed by atoms with van der Waals surface area (Å²) in [5, 5.41) is 50.2. The standard InChI is InChI=1S/C24H38O8/c1-14(9-10-24(30)15(2)11-17(26)12-23(24,4)5)7-6-8-16(3)31-22-21(29)20(28)19(27)18(13-25)32-22/h7,9-11,16,18-22,25,27-30H,6,8,12-13H2,1-5H3/b10-9+,14-7-/t16-,18+,19+,20-,21+,22+,24+/m0/s1. The van der Waals surface area contributed by atoms with Crippen LogP contribution in [0.2, 0.25) is 0 Å². The molecule has 182 valence electrons. The molecular weight excluding hydrogens is 416 g/mol. The molecule has 8 nitrogen and oxygen atoms in total. The highest BCUT2D eigenvalue weighted by molar-refractivity contribution is 5.92. The summed E-state index contributed by atoms with van der Waals surface area (Å²) in [5.74, 6) is 0.0197. The van der Waals surface area contributed by atoms with E-state index in [1.807, 2.05) is 32.9 Å². The Morgan fingerprint density at radius 3 is 2.53 bits per heavy atom. The van der Waals surface area contributed by atoms with Crippen molar-refractivity contribution in [2.45, 2.75) is 96.3 Å². The molecule has 0 bridgehead atoms. The largest absolute Gasteiger partial charge is 0.394 e. The van der Waals surface area contributed by atoms with E-state index in [1.54, 1.807) is 19.9 Å². The van der Waals surface area contributed by atoms with Crippen molar-refractivity contribution < 1.29 is 39.8 Å². The third kappa shape index (κ3) is 5.94. The highest BCUT2D eigenvalue weighted by Gasteiger charge is 2.47. The van der Waals surface area contributed by atoms with E-state index in [9.17, 15) is 30.3 Å². The Labute approximate surface area is 189 Å². The van der Waals surface area contributed by atoms with Crippen molar-refractivity contribution in [3.63, 3.8) is 0 Å². The number of ether oxygens (including phenoxy) is 2. The van der Waals surface area contributed by atoms with Crippen molar-refractivity contribution in [2.75, 3.05) is 6.61 Å². The van der Waals surface area contributed by atoms with Gasteiger partial charge in [0.2, 0.25) is 0 Å². The Morgan fingerprint density at radius 1 is 1.28 bits per heavy atom. The van der Waals surface area contributed by atoms with E-state index in [1.165, 1.54) is 6.08 Å². The summed E-state index contributed by atoms with van der Waals surface area (Å²) >= 11 is 0. The fourth-order valence-corrected chi connectivity index (χ4v) is 4.21. The van der Waals surface area contributed by atoms with Crippen LogP contribution in [-0.2, 0) is 14.3 Å². The third-order valence-corrected chi connectivity index (χ3v) is 6.47. The number of hydrogen-bond donors (Lipinski definition) is 5. The number of rotatable bonds is 8. The first-order valence-corrected chi connectivity index (χ1v) is 11.1. The lowest BCUT2D eigenvalue weighted by Gasteiger charge is -2.44. The van der Waals surface area contributed by atoms with Gasteiger partial charge in [-0.2, -0.15) is 0 Å². The number of aliphatic hydroxyl groups is 5. The van der Waals surface area contributed by atoms with E-state index in [4.69, 9.17) is 9.47 Å². The van der Waals surface area contributed by atoms with Gasteiger partial charge in [0.25, 0.3) is 0 Å². The second-order valence-electron chi connectivity index (χ2n) is 9.62. The lowest BCUT2D eigenvalue weighted by Crippen LogP contribution is -2.59. The fraction of sp³-hybridized carbons (Fsp3) is 0.708. The molecule has 0 aromatic carbocycles.